The van der Waals surface area contributed by atoms with Gasteiger partial charge in [0, 0.05) is 36.5 Å². The monoisotopic (exact) mass is 428 g/mol. The zero-order valence-corrected chi connectivity index (χ0v) is 17.4. The number of furan rings is 2. The molecule has 7 aromatic rings. The van der Waals surface area contributed by atoms with E-state index in [0.29, 0.717) is 27.9 Å². The molecule has 0 aliphatic heterocycles. The van der Waals surface area contributed by atoms with Crippen LogP contribution in [0, 0.1) is 0 Å². The average molecular weight is 428 g/mol. The van der Waals surface area contributed by atoms with E-state index in [9.17, 15) is 0 Å². The Morgan fingerprint density at radius 3 is 2.39 bits per heavy atom. The van der Waals surface area contributed by atoms with Crippen molar-refractivity contribution < 1.29 is 11.6 Å². The summed E-state index contributed by atoms with van der Waals surface area (Å²) in [5.41, 5.74) is 6.17. The quantitative estimate of drug-likeness (QED) is 0.292. The van der Waals surface area contributed by atoms with E-state index < -0.39 is 6.37 Å². The van der Waals surface area contributed by atoms with Gasteiger partial charge in [0.25, 0.3) is 0 Å². The maximum Gasteiger partial charge on any atom is 0.153 e. The van der Waals surface area contributed by atoms with Gasteiger partial charge in [-0.25, -0.2) is 4.98 Å². The number of hydrogen-bond acceptors (Lipinski definition) is 4. The third-order valence-electron chi connectivity index (χ3n) is 5.92. The van der Waals surface area contributed by atoms with Crippen molar-refractivity contribution in [3.8, 4) is 11.3 Å². The molecule has 4 nitrogen and oxygen atoms in total. The minimum Gasteiger partial charge on any atom is -0.454 e. The highest BCUT2D eigenvalue weighted by Crippen LogP contribution is 2.34. The van der Waals surface area contributed by atoms with Gasteiger partial charge in [-0.1, -0.05) is 48.5 Å². The Bertz CT molecular complexity index is 1890. The molecule has 0 saturated heterocycles. The number of fused-ring (bicyclic) bond motifs is 6. The summed E-state index contributed by atoms with van der Waals surface area (Å²) in [7, 11) is 0. The molecule has 4 heteroatoms. The second kappa shape index (κ2) is 7.04. The smallest absolute Gasteiger partial charge is 0.153 e. The Labute approximate surface area is 191 Å². The van der Waals surface area contributed by atoms with Crippen molar-refractivity contribution in [1.82, 2.24) is 9.97 Å². The van der Waals surface area contributed by atoms with Crippen LogP contribution in [0.4, 0.5) is 0 Å². The van der Waals surface area contributed by atoms with E-state index in [4.69, 9.17) is 16.6 Å². The highest BCUT2D eigenvalue weighted by molar-refractivity contribution is 6.07. The predicted octanol–water partition coefficient (Wildman–Crippen LogP) is 7.53. The van der Waals surface area contributed by atoms with E-state index in [1.807, 2.05) is 66.7 Å². The lowest BCUT2D eigenvalue weighted by Gasteiger charge is -2.02. The van der Waals surface area contributed by atoms with E-state index in [2.05, 4.69) is 4.98 Å². The molecule has 33 heavy (non-hydrogen) atoms. The molecule has 0 amide bonds. The van der Waals surface area contributed by atoms with E-state index in [0.717, 1.165) is 38.6 Å². The van der Waals surface area contributed by atoms with Gasteiger partial charge < -0.3 is 8.83 Å². The fraction of sp³-hybridized carbons (Fsp3) is 0.0345. The standard InChI is InChI=1S/C29H18N2O2/c1-2-6-18(7-3-1)14-20-11-13-27-29(31-20)23-15-19(10-12-26(23)32-27)24-16-22-21-8-4-5-9-25(21)33-28(22)17-30-24/h1-13,15-17H,14H2/i14D2. The molecule has 0 aliphatic rings. The second-order valence-corrected chi connectivity index (χ2v) is 8.01. The van der Waals surface area contributed by atoms with E-state index >= 15 is 0 Å². The number of rotatable bonds is 3. The van der Waals surface area contributed by atoms with Gasteiger partial charge in [-0.05, 0) is 48.0 Å². The molecule has 0 N–H and O–H groups in total. The summed E-state index contributed by atoms with van der Waals surface area (Å²) in [4.78, 5) is 9.36. The molecule has 0 radical (unpaired) electrons. The molecule has 0 aliphatic carbocycles. The molecule has 0 unspecified atom stereocenters. The highest BCUT2D eigenvalue weighted by Gasteiger charge is 2.13. The van der Waals surface area contributed by atoms with Crippen molar-refractivity contribution in [2.24, 2.45) is 0 Å². The second-order valence-electron chi connectivity index (χ2n) is 8.01. The number of nitrogens with zero attached hydrogens (tertiary/aromatic N) is 2. The molecule has 4 heterocycles. The molecule has 7 rings (SSSR count). The summed E-state index contributed by atoms with van der Waals surface area (Å²) < 4.78 is 29.3. The van der Waals surface area contributed by atoms with Gasteiger partial charge in [0.05, 0.1) is 11.9 Å². The van der Waals surface area contributed by atoms with Crippen LogP contribution in [-0.4, -0.2) is 9.97 Å². The van der Waals surface area contributed by atoms with Gasteiger partial charge in [-0.15, -0.1) is 0 Å². The summed E-state index contributed by atoms with van der Waals surface area (Å²) in [6, 6.07) is 28.5. The summed E-state index contributed by atoms with van der Waals surface area (Å²) >= 11 is 0. The number of aromatic nitrogens is 2. The SMILES string of the molecule is [2H]C([2H])(c1ccccc1)c1ccc2oc3ccc(-c4cc5c(cn4)oc4ccccc45)cc3c2n1. The Balaban J connectivity index is 1.39. The molecule has 0 fully saturated rings. The molecular formula is C29H18N2O2. The lowest BCUT2D eigenvalue weighted by atomic mass is 10.1. The van der Waals surface area contributed by atoms with Gasteiger partial charge in [-0.3, -0.25) is 4.98 Å². The minimum atomic E-state index is -1.73. The summed E-state index contributed by atoms with van der Waals surface area (Å²) in [6.45, 7) is 0. The normalized spacial score (nSPS) is 13.1. The topological polar surface area (TPSA) is 52.1 Å². The van der Waals surface area contributed by atoms with Gasteiger partial charge in [0.2, 0.25) is 0 Å². The van der Waals surface area contributed by atoms with Crippen molar-refractivity contribution in [2.75, 3.05) is 0 Å². The predicted molar refractivity (Wildman–Crippen MR) is 131 cm³/mol. The maximum absolute atomic E-state index is 8.70. The molecular weight excluding hydrogens is 408 g/mol. The zero-order valence-electron chi connectivity index (χ0n) is 19.4. The Morgan fingerprint density at radius 1 is 0.667 bits per heavy atom. The molecule has 0 atom stereocenters. The Morgan fingerprint density at radius 2 is 1.45 bits per heavy atom. The van der Waals surface area contributed by atoms with Crippen LogP contribution >= 0.6 is 0 Å². The molecule has 0 bridgehead atoms. The molecule has 3 aromatic carbocycles. The first-order valence-electron chi connectivity index (χ1n) is 11.7. The maximum atomic E-state index is 8.70. The van der Waals surface area contributed by atoms with Crippen LogP contribution in [0.1, 0.15) is 14.0 Å². The van der Waals surface area contributed by atoms with Crippen LogP contribution in [0.15, 0.2) is 106 Å². The van der Waals surface area contributed by atoms with E-state index in [1.165, 1.54) is 0 Å². The largest absolute Gasteiger partial charge is 0.454 e. The third-order valence-corrected chi connectivity index (χ3v) is 5.92. The average Bonchev–Trinajstić information content (AvgIpc) is 3.46. The number of para-hydroxylation sites is 1. The fourth-order valence-corrected chi connectivity index (χ4v) is 4.33. The van der Waals surface area contributed by atoms with Gasteiger partial charge in [-0.2, -0.15) is 0 Å². The lowest BCUT2D eigenvalue weighted by molar-refractivity contribution is 0.666. The van der Waals surface area contributed by atoms with Crippen molar-refractivity contribution in [1.29, 1.82) is 0 Å². The van der Waals surface area contributed by atoms with Gasteiger partial charge in [0.1, 0.15) is 16.7 Å². The summed E-state index contributed by atoms with van der Waals surface area (Å²) in [6.07, 6.45) is 0.0265. The van der Waals surface area contributed by atoms with Gasteiger partial charge in [0.15, 0.2) is 11.2 Å². The lowest BCUT2D eigenvalue weighted by Crippen LogP contribution is -1.91. The van der Waals surface area contributed by atoms with Crippen molar-refractivity contribution in [2.45, 2.75) is 6.37 Å². The summed E-state index contributed by atoms with van der Waals surface area (Å²) in [5.74, 6) is 0. The molecule has 4 aromatic heterocycles. The number of pyridine rings is 2. The Hall–Kier alpha value is -4.44. The number of hydrogen-bond donors (Lipinski definition) is 0. The molecule has 0 saturated carbocycles. The minimum absolute atomic E-state index is 0.341. The van der Waals surface area contributed by atoms with Crippen LogP contribution in [0.5, 0.6) is 0 Å². The third kappa shape index (κ3) is 2.99. The molecule has 156 valence electrons. The molecule has 0 spiro atoms. The fourth-order valence-electron chi connectivity index (χ4n) is 4.33. The highest BCUT2D eigenvalue weighted by atomic mass is 16.3. The Kier molecular flexibility index (Phi) is 3.46. The van der Waals surface area contributed by atoms with Crippen LogP contribution in [0.2, 0.25) is 0 Å². The van der Waals surface area contributed by atoms with Crippen LogP contribution in [-0.2, 0) is 6.37 Å². The van der Waals surface area contributed by atoms with Crippen molar-refractivity contribution in [3.63, 3.8) is 0 Å². The first-order valence-corrected chi connectivity index (χ1v) is 10.7. The first kappa shape index (κ1) is 16.2. The van der Waals surface area contributed by atoms with Gasteiger partial charge >= 0.3 is 0 Å². The van der Waals surface area contributed by atoms with Crippen LogP contribution in [0.3, 0.4) is 0 Å². The van der Waals surface area contributed by atoms with Crippen LogP contribution < -0.4 is 0 Å². The van der Waals surface area contributed by atoms with E-state index in [1.54, 1.807) is 30.5 Å². The van der Waals surface area contributed by atoms with Crippen molar-refractivity contribution in [3.05, 3.63) is 108 Å². The van der Waals surface area contributed by atoms with Crippen LogP contribution in [0.25, 0.3) is 55.3 Å². The van der Waals surface area contributed by atoms with E-state index in [-0.39, 0.29) is 0 Å². The van der Waals surface area contributed by atoms with Crippen molar-refractivity contribution >= 4 is 44.0 Å². The number of benzene rings is 3. The first-order chi connectivity index (χ1) is 17.1. The summed E-state index contributed by atoms with van der Waals surface area (Å²) in [5, 5.41) is 2.89. The zero-order chi connectivity index (χ0) is 23.6.